The van der Waals surface area contributed by atoms with Crippen LogP contribution in [0.1, 0.15) is 39.0 Å². The Morgan fingerprint density at radius 3 is 2.78 bits per heavy atom. The lowest BCUT2D eigenvalue weighted by atomic mass is 9.82. The summed E-state index contributed by atoms with van der Waals surface area (Å²) in [5, 5.41) is 3.52. The molecular formula is C15H30N2O. The van der Waals surface area contributed by atoms with Crippen molar-refractivity contribution >= 4 is 0 Å². The molecule has 2 aliphatic rings. The van der Waals surface area contributed by atoms with Crippen molar-refractivity contribution in [2.75, 3.05) is 33.9 Å². The average Bonchev–Trinajstić information content (AvgIpc) is 2.40. The Labute approximate surface area is 112 Å². The minimum Gasteiger partial charge on any atom is -0.381 e. The molecule has 1 saturated carbocycles. The summed E-state index contributed by atoms with van der Waals surface area (Å²) in [4.78, 5) is 2.59. The van der Waals surface area contributed by atoms with Gasteiger partial charge in [-0.1, -0.05) is 6.92 Å². The zero-order valence-electron chi connectivity index (χ0n) is 12.3. The van der Waals surface area contributed by atoms with Crippen LogP contribution in [0.3, 0.4) is 0 Å². The van der Waals surface area contributed by atoms with Crippen molar-refractivity contribution in [2.45, 2.75) is 51.1 Å². The van der Waals surface area contributed by atoms with Crippen LogP contribution in [0.15, 0.2) is 0 Å². The minimum absolute atomic E-state index is 0.677. The zero-order valence-corrected chi connectivity index (χ0v) is 12.3. The summed E-state index contributed by atoms with van der Waals surface area (Å²) in [5.74, 6) is 1.63. The molecule has 1 N–H and O–H groups in total. The van der Waals surface area contributed by atoms with Crippen molar-refractivity contribution in [1.29, 1.82) is 0 Å². The highest BCUT2D eigenvalue weighted by Gasteiger charge is 2.31. The first-order chi connectivity index (χ1) is 8.70. The lowest BCUT2D eigenvalue weighted by Gasteiger charge is -2.42. The molecule has 4 atom stereocenters. The number of rotatable bonds is 4. The van der Waals surface area contributed by atoms with Crippen LogP contribution >= 0.6 is 0 Å². The van der Waals surface area contributed by atoms with E-state index in [2.05, 4.69) is 31.2 Å². The van der Waals surface area contributed by atoms with Crippen molar-refractivity contribution < 1.29 is 4.74 Å². The number of likely N-dealkylation sites (N-methyl/N-ethyl adjacent to an activating group) is 2. The van der Waals surface area contributed by atoms with Crippen molar-refractivity contribution in [3.05, 3.63) is 0 Å². The molecule has 0 aromatic rings. The number of nitrogens with zero attached hydrogens (tertiary/aromatic N) is 1. The first-order valence-electron chi connectivity index (χ1n) is 7.66. The van der Waals surface area contributed by atoms with E-state index in [9.17, 15) is 0 Å². The van der Waals surface area contributed by atoms with Gasteiger partial charge in [0.1, 0.15) is 0 Å². The smallest absolute Gasteiger partial charge is 0.0506 e. The van der Waals surface area contributed by atoms with Crippen LogP contribution in [0, 0.1) is 11.8 Å². The van der Waals surface area contributed by atoms with Gasteiger partial charge in [-0.05, 0) is 58.0 Å². The standard InChI is InChI=1S/C15H30N2O/c1-12-6-7-14(16-2)15(9-12)17(3)10-13-5-4-8-18-11-13/h12-16H,4-11H2,1-3H3. The normalized spacial score (nSPS) is 38.0. The fraction of sp³-hybridized carbons (Fsp3) is 1.00. The van der Waals surface area contributed by atoms with Gasteiger partial charge in [0.15, 0.2) is 0 Å². The van der Waals surface area contributed by atoms with Gasteiger partial charge in [-0.15, -0.1) is 0 Å². The molecule has 3 heteroatoms. The Morgan fingerprint density at radius 1 is 1.28 bits per heavy atom. The van der Waals surface area contributed by atoms with Gasteiger partial charge in [-0.3, -0.25) is 0 Å². The number of nitrogens with one attached hydrogen (secondary N) is 1. The van der Waals surface area contributed by atoms with Crippen molar-refractivity contribution in [3.8, 4) is 0 Å². The fourth-order valence-electron chi connectivity index (χ4n) is 3.67. The second-order valence-electron chi connectivity index (χ2n) is 6.40. The van der Waals surface area contributed by atoms with Crippen LogP contribution in [0.25, 0.3) is 0 Å². The maximum absolute atomic E-state index is 5.60. The highest BCUT2D eigenvalue weighted by atomic mass is 16.5. The van der Waals surface area contributed by atoms with Gasteiger partial charge in [0.05, 0.1) is 6.61 Å². The minimum atomic E-state index is 0.677. The molecule has 0 radical (unpaired) electrons. The third kappa shape index (κ3) is 3.69. The molecule has 18 heavy (non-hydrogen) atoms. The molecule has 1 aliphatic carbocycles. The van der Waals surface area contributed by atoms with Gasteiger partial charge in [0, 0.05) is 25.2 Å². The van der Waals surface area contributed by atoms with Gasteiger partial charge in [0.2, 0.25) is 0 Å². The Hall–Kier alpha value is -0.120. The van der Waals surface area contributed by atoms with Crippen molar-refractivity contribution in [2.24, 2.45) is 11.8 Å². The summed E-state index contributed by atoms with van der Waals surface area (Å²) < 4.78 is 5.60. The predicted octanol–water partition coefficient (Wildman–Crippen LogP) is 2.12. The lowest BCUT2D eigenvalue weighted by Crippen LogP contribution is -2.52. The Bertz CT molecular complexity index is 241. The molecule has 1 heterocycles. The van der Waals surface area contributed by atoms with Crippen LogP contribution in [-0.4, -0.2) is 50.8 Å². The highest BCUT2D eigenvalue weighted by molar-refractivity contribution is 4.89. The topological polar surface area (TPSA) is 24.5 Å². The monoisotopic (exact) mass is 254 g/mol. The van der Waals surface area contributed by atoms with Crippen LogP contribution in [0.4, 0.5) is 0 Å². The molecule has 0 aromatic carbocycles. The van der Waals surface area contributed by atoms with E-state index in [0.29, 0.717) is 12.1 Å². The summed E-state index contributed by atoms with van der Waals surface area (Å²) in [6.07, 6.45) is 6.64. The van der Waals surface area contributed by atoms with E-state index in [1.165, 1.54) is 38.6 Å². The van der Waals surface area contributed by atoms with E-state index in [1.54, 1.807) is 0 Å². The number of hydrogen-bond donors (Lipinski definition) is 1. The van der Waals surface area contributed by atoms with E-state index in [4.69, 9.17) is 4.74 Å². The molecule has 3 nitrogen and oxygen atoms in total. The van der Waals surface area contributed by atoms with E-state index < -0.39 is 0 Å². The highest BCUT2D eigenvalue weighted by Crippen LogP contribution is 2.28. The SMILES string of the molecule is CNC1CCC(C)CC1N(C)CC1CCCOC1. The first kappa shape index (κ1) is 14.3. The second kappa shape index (κ2) is 6.88. The van der Waals surface area contributed by atoms with E-state index >= 15 is 0 Å². The molecule has 0 aromatic heterocycles. The van der Waals surface area contributed by atoms with E-state index in [-0.39, 0.29) is 0 Å². The van der Waals surface area contributed by atoms with E-state index in [1.807, 2.05) is 0 Å². The molecule has 0 spiro atoms. The Kier molecular flexibility index (Phi) is 5.46. The van der Waals surface area contributed by atoms with Gasteiger partial charge < -0.3 is 15.0 Å². The quantitative estimate of drug-likeness (QED) is 0.832. The van der Waals surface area contributed by atoms with E-state index in [0.717, 1.165) is 25.0 Å². The number of hydrogen-bond acceptors (Lipinski definition) is 3. The molecule has 0 amide bonds. The maximum Gasteiger partial charge on any atom is 0.0506 e. The third-order valence-corrected chi connectivity index (χ3v) is 4.82. The average molecular weight is 254 g/mol. The molecule has 0 bridgehead atoms. The Morgan fingerprint density at radius 2 is 2.11 bits per heavy atom. The summed E-state index contributed by atoms with van der Waals surface area (Å²) in [6.45, 7) is 5.54. The Balaban J connectivity index is 1.86. The molecule has 1 aliphatic heterocycles. The predicted molar refractivity (Wildman–Crippen MR) is 75.8 cm³/mol. The lowest BCUT2D eigenvalue weighted by molar-refractivity contribution is 0.0267. The molecule has 2 fully saturated rings. The zero-order chi connectivity index (χ0) is 13.0. The molecule has 4 unspecified atom stereocenters. The van der Waals surface area contributed by atoms with Gasteiger partial charge >= 0.3 is 0 Å². The van der Waals surface area contributed by atoms with Gasteiger partial charge in [-0.25, -0.2) is 0 Å². The first-order valence-corrected chi connectivity index (χ1v) is 7.66. The van der Waals surface area contributed by atoms with Gasteiger partial charge in [-0.2, -0.15) is 0 Å². The molecular weight excluding hydrogens is 224 g/mol. The molecule has 2 rings (SSSR count). The summed E-state index contributed by atoms with van der Waals surface area (Å²) in [6, 6.07) is 1.39. The van der Waals surface area contributed by atoms with Crippen LogP contribution in [0.5, 0.6) is 0 Å². The van der Waals surface area contributed by atoms with Gasteiger partial charge in [0.25, 0.3) is 0 Å². The largest absolute Gasteiger partial charge is 0.381 e. The molecule has 1 saturated heterocycles. The summed E-state index contributed by atoms with van der Waals surface area (Å²) in [7, 11) is 4.42. The summed E-state index contributed by atoms with van der Waals surface area (Å²) in [5.41, 5.74) is 0. The second-order valence-corrected chi connectivity index (χ2v) is 6.40. The van der Waals surface area contributed by atoms with Crippen molar-refractivity contribution in [3.63, 3.8) is 0 Å². The number of ether oxygens (including phenoxy) is 1. The van der Waals surface area contributed by atoms with Crippen LogP contribution in [-0.2, 0) is 4.74 Å². The van der Waals surface area contributed by atoms with Crippen LogP contribution < -0.4 is 5.32 Å². The van der Waals surface area contributed by atoms with Crippen molar-refractivity contribution in [1.82, 2.24) is 10.2 Å². The third-order valence-electron chi connectivity index (χ3n) is 4.82. The maximum atomic E-state index is 5.60. The van der Waals surface area contributed by atoms with Crippen LogP contribution in [0.2, 0.25) is 0 Å². The fourth-order valence-corrected chi connectivity index (χ4v) is 3.67. The summed E-state index contributed by atoms with van der Waals surface area (Å²) >= 11 is 0. The molecule has 106 valence electrons.